The zero-order chi connectivity index (χ0) is 10.2. The van der Waals surface area contributed by atoms with Crippen LogP contribution in [0.15, 0.2) is 0 Å². The number of ether oxygens (including phenoxy) is 1. The van der Waals surface area contributed by atoms with Gasteiger partial charge in [-0.3, -0.25) is 0 Å². The Morgan fingerprint density at radius 3 is 2.54 bits per heavy atom. The van der Waals surface area contributed by atoms with Crippen molar-refractivity contribution in [3.63, 3.8) is 0 Å². The molecule has 0 aliphatic carbocycles. The molecule has 0 spiro atoms. The summed E-state index contributed by atoms with van der Waals surface area (Å²) in [4.78, 5) is 0. The number of hydrogen-bond donors (Lipinski definition) is 1. The zero-order valence-electron chi connectivity index (χ0n) is 9.35. The summed E-state index contributed by atoms with van der Waals surface area (Å²) in [7, 11) is 1.75. The first-order valence-electron chi connectivity index (χ1n) is 4.94. The summed E-state index contributed by atoms with van der Waals surface area (Å²) >= 11 is 1.94. The minimum Gasteiger partial charge on any atom is -0.384 e. The molecule has 0 aromatic carbocycles. The van der Waals surface area contributed by atoms with Crippen LogP contribution in [-0.2, 0) is 4.74 Å². The van der Waals surface area contributed by atoms with E-state index in [1.807, 2.05) is 11.8 Å². The van der Waals surface area contributed by atoms with E-state index in [0.717, 1.165) is 18.9 Å². The first kappa shape index (κ1) is 13.3. The summed E-state index contributed by atoms with van der Waals surface area (Å²) in [6.45, 7) is 8.65. The Morgan fingerprint density at radius 1 is 1.31 bits per heavy atom. The minimum atomic E-state index is 0.293. The summed E-state index contributed by atoms with van der Waals surface area (Å²) in [6, 6.07) is 0. The molecule has 0 aliphatic rings. The molecule has 0 unspecified atom stereocenters. The van der Waals surface area contributed by atoms with Crippen LogP contribution >= 0.6 is 11.8 Å². The Kier molecular flexibility index (Phi) is 7.81. The molecule has 0 rings (SSSR count). The third-order valence-electron chi connectivity index (χ3n) is 2.17. The molecule has 0 fully saturated rings. The third kappa shape index (κ3) is 8.60. The van der Waals surface area contributed by atoms with E-state index in [1.54, 1.807) is 7.11 Å². The smallest absolute Gasteiger partial charge is 0.0552 e. The molecule has 0 aliphatic heterocycles. The van der Waals surface area contributed by atoms with Crippen molar-refractivity contribution >= 4 is 11.8 Å². The van der Waals surface area contributed by atoms with Crippen molar-refractivity contribution in [3.8, 4) is 0 Å². The normalized spacial score (nSPS) is 12.0. The third-order valence-corrected chi connectivity index (χ3v) is 3.11. The SMILES string of the molecule is CCC(C)(C)NCCSCCOC. The van der Waals surface area contributed by atoms with Gasteiger partial charge >= 0.3 is 0 Å². The maximum atomic E-state index is 4.97. The predicted octanol–water partition coefficient (Wildman–Crippen LogP) is 2.14. The monoisotopic (exact) mass is 205 g/mol. The van der Waals surface area contributed by atoms with Gasteiger partial charge in [0.05, 0.1) is 6.61 Å². The van der Waals surface area contributed by atoms with Gasteiger partial charge < -0.3 is 10.1 Å². The van der Waals surface area contributed by atoms with Crippen LogP contribution < -0.4 is 5.32 Å². The first-order valence-corrected chi connectivity index (χ1v) is 6.09. The van der Waals surface area contributed by atoms with Crippen LogP contribution in [0.4, 0.5) is 0 Å². The van der Waals surface area contributed by atoms with Crippen LogP contribution in [0.5, 0.6) is 0 Å². The van der Waals surface area contributed by atoms with E-state index < -0.39 is 0 Å². The number of thioether (sulfide) groups is 1. The largest absolute Gasteiger partial charge is 0.384 e. The highest BCUT2D eigenvalue weighted by Gasteiger charge is 2.12. The summed E-state index contributed by atoms with van der Waals surface area (Å²) in [5, 5.41) is 3.52. The second kappa shape index (κ2) is 7.65. The fourth-order valence-corrected chi connectivity index (χ4v) is 1.57. The molecule has 2 nitrogen and oxygen atoms in total. The van der Waals surface area contributed by atoms with Gasteiger partial charge in [-0.2, -0.15) is 11.8 Å². The van der Waals surface area contributed by atoms with E-state index in [9.17, 15) is 0 Å². The average molecular weight is 205 g/mol. The van der Waals surface area contributed by atoms with Crippen LogP contribution in [0.25, 0.3) is 0 Å². The molecule has 0 bridgehead atoms. The van der Waals surface area contributed by atoms with Gasteiger partial charge in [-0.15, -0.1) is 0 Å². The fourth-order valence-electron chi connectivity index (χ4n) is 0.831. The highest BCUT2D eigenvalue weighted by atomic mass is 32.2. The Morgan fingerprint density at radius 2 is 2.00 bits per heavy atom. The molecule has 0 aromatic heterocycles. The van der Waals surface area contributed by atoms with E-state index in [2.05, 4.69) is 26.1 Å². The van der Waals surface area contributed by atoms with E-state index in [1.165, 1.54) is 12.2 Å². The van der Waals surface area contributed by atoms with Crippen molar-refractivity contribution in [2.45, 2.75) is 32.7 Å². The Balaban J connectivity index is 3.16. The van der Waals surface area contributed by atoms with Crippen LogP contribution in [0.3, 0.4) is 0 Å². The predicted molar refractivity (Wildman–Crippen MR) is 61.6 cm³/mol. The second-order valence-corrected chi connectivity index (χ2v) is 4.99. The molecule has 0 saturated heterocycles. The van der Waals surface area contributed by atoms with Gasteiger partial charge in [0, 0.05) is 30.7 Å². The summed E-state index contributed by atoms with van der Waals surface area (Å²) in [6.07, 6.45) is 1.18. The van der Waals surface area contributed by atoms with Crippen molar-refractivity contribution in [1.82, 2.24) is 5.32 Å². The van der Waals surface area contributed by atoms with Crippen LogP contribution in [0, 0.1) is 0 Å². The van der Waals surface area contributed by atoms with Gasteiger partial charge in [0.25, 0.3) is 0 Å². The maximum absolute atomic E-state index is 4.97. The number of hydrogen-bond acceptors (Lipinski definition) is 3. The lowest BCUT2D eigenvalue weighted by atomic mass is 10.0. The summed E-state index contributed by atoms with van der Waals surface area (Å²) in [5.74, 6) is 2.28. The molecule has 1 N–H and O–H groups in total. The summed E-state index contributed by atoms with van der Waals surface area (Å²) < 4.78 is 4.97. The van der Waals surface area contributed by atoms with Crippen molar-refractivity contribution in [3.05, 3.63) is 0 Å². The zero-order valence-corrected chi connectivity index (χ0v) is 10.2. The topological polar surface area (TPSA) is 21.3 Å². The first-order chi connectivity index (χ1) is 6.12. The van der Waals surface area contributed by atoms with Gasteiger partial charge in [0.2, 0.25) is 0 Å². The number of rotatable bonds is 8. The molecular weight excluding hydrogens is 182 g/mol. The lowest BCUT2D eigenvalue weighted by Gasteiger charge is -2.24. The summed E-state index contributed by atoms with van der Waals surface area (Å²) in [5.41, 5.74) is 0.293. The van der Waals surface area contributed by atoms with E-state index in [-0.39, 0.29) is 0 Å². The molecule has 0 amide bonds. The van der Waals surface area contributed by atoms with Crippen LogP contribution in [-0.4, -0.2) is 37.3 Å². The molecule has 0 saturated carbocycles. The maximum Gasteiger partial charge on any atom is 0.0552 e. The Labute approximate surface area is 86.8 Å². The molecule has 13 heavy (non-hydrogen) atoms. The quantitative estimate of drug-likeness (QED) is 0.614. The molecule has 0 heterocycles. The van der Waals surface area contributed by atoms with Crippen molar-refractivity contribution in [2.24, 2.45) is 0 Å². The van der Waals surface area contributed by atoms with Crippen molar-refractivity contribution < 1.29 is 4.74 Å². The van der Waals surface area contributed by atoms with Crippen molar-refractivity contribution in [2.75, 3.05) is 31.8 Å². The van der Waals surface area contributed by atoms with E-state index in [0.29, 0.717) is 5.54 Å². The lowest BCUT2D eigenvalue weighted by molar-refractivity contribution is 0.218. The molecule has 3 heteroatoms. The van der Waals surface area contributed by atoms with Crippen LogP contribution in [0.2, 0.25) is 0 Å². The highest BCUT2D eigenvalue weighted by molar-refractivity contribution is 7.99. The van der Waals surface area contributed by atoms with Gasteiger partial charge in [-0.25, -0.2) is 0 Å². The minimum absolute atomic E-state index is 0.293. The average Bonchev–Trinajstić information content (AvgIpc) is 2.11. The Bertz CT molecular complexity index is 117. The molecule has 0 radical (unpaired) electrons. The number of nitrogens with one attached hydrogen (secondary N) is 1. The lowest BCUT2D eigenvalue weighted by Crippen LogP contribution is -2.39. The van der Waals surface area contributed by atoms with Gasteiger partial charge in [0.15, 0.2) is 0 Å². The molecule has 0 atom stereocenters. The molecule has 0 aromatic rings. The fraction of sp³-hybridized carbons (Fsp3) is 1.00. The number of methoxy groups -OCH3 is 1. The Hall–Kier alpha value is 0.270. The van der Waals surface area contributed by atoms with Crippen molar-refractivity contribution in [1.29, 1.82) is 0 Å². The van der Waals surface area contributed by atoms with Gasteiger partial charge in [0.1, 0.15) is 0 Å². The van der Waals surface area contributed by atoms with E-state index in [4.69, 9.17) is 4.74 Å². The van der Waals surface area contributed by atoms with Crippen LogP contribution in [0.1, 0.15) is 27.2 Å². The standard InChI is InChI=1S/C10H23NOS/c1-5-10(2,3)11-6-8-13-9-7-12-4/h11H,5-9H2,1-4H3. The van der Waals surface area contributed by atoms with Gasteiger partial charge in [-0.1, -0.05) is 6.92 Å². The van der Waals surface area contributed by atoms with E-state index >= 15 is 0 Å². The second-order valence-electron chi connectivity index (χ2n) is 3.77. The molecule has 80 valence electrons. The van der Waals surface area contributed by atoms with Gasteiger partial charge in [-0.05, 0) is 20.3 Å². The molecular formula is C10H23NOS. The highest BCUT2D eigenvalue weighted by Crippen LogP contribution is 2.07.